The van der Waals surface area contributed by atoms with Gasteiger partial charge < -0.3 is 193 Å². The first-order valence-corrected chi connectivity index (χ1v) is 36.0. The highest BCUT2D eigenvalue weighted by Gasteiger charge is 2.55. The molecule has 4 fully saturated rings. The van der Waals surface area contributed by atoms with Crippen LogP contribution in [0.15, 0.2) is 30.0 Å². The van der Waals surface area contributed by atoms with E-state index in [1.54, 1.807) is 0 Å². The van der Waals surface area contributed by atoms with E-state index in [2.05, 4.69) is 67.2 Å². The molecule has 7 amide bonds. The van der Waals surface area contributed by atoms with Crippen molar-refractivity contribution in [2.75, 3.05) is 59.0 Å². The summed E-state index contributed by atoms with van der Waals surface area (Å²) < 4.78 is 35.9. The average Bonchev–Trinajstić information content (AvgIpc) is 1.76. The zero-order valence-electron chi connectivity index (χ0n) is 61.8. The van der Waals surface area contributed by atoms with Crippen LogP contribution in [-0.2, 0) is 62.0 Å². The fourth-order valence-corrected chi connectivity index (χ4v) is 12.2. The molecule has 3 heterocycles. The minimum atomic E-state index is -1.89. The van der Waals surface area contributed by atoms with E-state index in [0.717, 1.165) is 6.92 Å². The van der Waals surface area contributed by atoms with Crippen LogP contribution in [0, 0.1) is 0 Å². The Bertz CT molecular complexity index is 3130. The van der Waals surface area contributed by atoms with Gasteiger partial charge in [-0.1, -0.05) is 0 Å². The molecular formula is C61H119N29O21. The van der Waals surface area contributed by atoms with E-state index < -0.39 is 214 Å². The van der Waals surface area contributed by atoms with Crippen LogP contribution in [0.1, 0.15) is 90.4 Å². The third-order valence-corrected chi connectivity index (χ3v) is 18.1. The van der Waals surface area contributed by atoms with Gasteiger partial charge in [-0.25, -0.2) is 0 Å². The SMILES string of the molecule is CC(=O)NC(=O)[C@H](CCCN=C(N)N)NC(=O)[C@H](CCCN=C(N)N)NC(=O)[C@H](CCCN=C(N)N)NC(=O)[C@H](CCCN=C(N)N)NC(=O)[C@H](CCCN=C(N)N)NC(=O)[C@H](CCCN=C(N)N)NC[C@H]1OC(O[C@@H]2[C@@H](CO)OC(O[C@H]3C(O[C@H]4O[C@H](CO)[C@@H](O)[C@H](O)[C@H]4N)[C@@H](N)C[C@@H](N)[C@@H]3O)[C@@H]2O)[C@H](N)[C@@H](O)[C@@H]1O. The number of hydrogen-bond acceptors (Lipinski definition) is 32. The third-order valence-electron chi connectivity index (χ3n) is 18.1. The van der Waals surface area contributed by atoms with E-state index in [1.807, 2.05) is 0 Å². The van der Waals surface area contributed by atoms with E-state index in [9.17, 15) is 74.4 Å². The maximum atomic E-state index is 14.9. The third kappa shape index (κ3) is 31.4. The van der Waals surface area contributed by atoms with Crippen molar-refractivity contribution in [1.82, 2.24) is 37.2 Å². The van der Waals surface area contributed by atoms with Gasteiger partial charge in [-0.15, -0.1) is 0 Å². The monoisotopic (exact) mass is 1590 g/mol. The lowest BCUT2D eigenvalue weighted by molar-refractivity contribution is -0.310. The number of carbonyl (C=O) groups is 7. The molecule has 1 aliphatic carbocycles. The quantitative estimate of drug-likeness (QED) is 0.0153. The predicted molar refractivity (Wildman–Crippen MR) is 397 cm³/mol. The Morgan fingerprint density at radius 1 is 0.369 bits per heavy atom. The summed E-state index contributed by atoms with van der Waals surface area (Å²) in [6.07, 6.45) is -25.3. The number of nitrogens with zero attached hydrogens (tertiary/aromatic N) is 6. The van der Waals surface area contributed by atoms with Gasteiger partial charge in [0.15, 0.2) is 54.6 Å². The minimum Gasteiger partial charge on any atom is -0.394 e. The van der Waals surface area contributed by atoms with Gasteiger partial charge in [0.05, 0.1) is 37.4 Å². The Balaban J connectivity index is 1.65. The Hall–Kier alpha value is -8.65. The van der Waals surface area contributed by atoms with Crippen molar-refractivity contribution >= 4 is 77.1 Å². The lowest BCUT2D eigenvalue weighted by Gasteiger charge is -2.47. The van der Waals surface area contributed by atoms with E-state index in [-0.39, 0.29) is 158 Å². The topological polar surface area (TPSA) is 911 Å². The van der Waals surface area contributed by atoms with E-state index in [0.29, 0.717) is 0 Å². The number of aliphatic hydroxyl groups is 8. The molecule has 50 heteroatoms. The highest BCUT2D eigenvalue weighted by molar-refractivity contribution is 6.00. The first-order chi connectivity index (χ1) is 52.4. The number of rotatable bonds is 46. The summed E-state index contributed by atoms with van der Waals surface area (Å²) in [5.74, 6) is -8.14. The van der Waals surface area contributed by atoms with Gasteiger partial charge in [-0.2, -0.15) is 0 Å². The van der Waals surface area contributed by atoms with Crippen molar-refractivity contribution in [3.8, 4) is 0 Å². The fourth-order valence-electron chi connectivity index (χ4n) is 12.2. The summed E-state index contributed by atoms with van der Waals surface area (Å²) in [5, 5.41) is 106. The molecule has 4 rings (SSSR count). The second kappa shape index (κ2) is 47.7. The van der Waals surface area contributed by atoms with Crippen molar-refractivity contribution < 1.29 is 103 Å². The van der Waals surface area contributed by atoms with Gasteiger partial charge in [0, 0.05) is 64.8 Å². The maximum Gasteiger partial charge on any atom is 0.249 e. The van der Waals surface area contributed by atoms with Crippen molar-refractivity contribution in [2.24, 2.45) is 122 Å². The molecule has 111 heavy (non-hydrogen) atoms. The molecule has 50 nitrogen and oxygen atoms in total. The molecule has 0 spiro atoms. The normalized spacial score (nSPS) is 28.6. The smallest absolute Gasteiger partial charge is 0.249 e. The summed E-state index contributed by atoms with van der Waals surface area (Å²) in [5.41, 5.74) is 92.1. The number of guanidine groups is 6. The number of amides is 7. The molecule has 4 aliphatic rings. The number of aliphatic hydroxyl groups excluding tert-OH is 8. The molecule has 3 aliphatic heterocycles. The predicted octanol–water partition coefficient (Wildman–Crippen LogP) is -17.5. The number of nitrogens with one attached hydrogen (secondary N) is 7. The fraction of sp³-hybridized carbons (Fsp3) is 0.787. The molecule has 0 aromatic rings. The van der Waals surface area contributed by atoms with Crippen molar-refractivity contribution in [2.45, 2.75) is 243 Å². The summed E-state index contributed by atoms with van der Waals surface area (Å²) in [4.78, 5) is 122. The van der Waals surface area contributed by atoms with Crippen molar-refractivity contribution in [3.05, 3.63) is 0 Å². The number of imide groups is 1. The maximum absolute atomic E-state index is 14.9. The highest BCUT2D eigenvalue weighted by Crippen LogP contribution is 2.35. The van der Waals surface area contributed by atoms with Crippen LogP contribution >= 0.6 is 0 Å². The van der Waals surface area contributed by atoms with Gasteiger partial charge >= 0.3 is 0 Å². The lowest BCUT2D eigenvalue weighted by atomic mass is 9.84. The minimum absolute atomic E-state index is 0.00533. The molecule has 0 aromatic heterocycles. The molecule has 47 N–H and O–H groups in total. The van der Waals surface area contributed by atoms with Gasteiger partial charge in [0.25, 0.3) is 0 Å². The first-order valence-electron chi connectivity index (χ1n) is 36.0. The molecule has 25 atom stereocenters. The first kappa shape index (κ1) is 94.7. The summed E-state index contributed by atoms with van der Waals surface area (Å²) in [6.45, 7) is -1.35. The van der Waals surface area contributed by atoms with E-state index >= 15 is 0 Å². The summed E-state index contributed by atoms with van der Waals surface area (Å²) >= 11 is 0. The molecule has 1 saturated carbocycles. The highest BCUT2D eigenvalue weighted by atomic mass is 16.8. The molecule has 634 valence electrons. The van der Waals surface area contributed by atoms with Crippen LogP contribution in [0.4, 0.5) is 0 Å². The van der Waals surface area contributed by atoms with Crippen LogP contribution in [0.3, 0.4) is 0 Å². The Kier molecular flexibility index (Phi) is 40.7. The molecule has 0 aromatic carbocycles. The molecule has 3 saturated heterocycles. The zero-order valence-corrected chi connectivity index (χ0v) is 61.8. The van der Waals surface area contributed by atoms with Crippen LogP contribution < -0.4 is 129 Å². The number of carbonyl (C=O) groups excluding carboxylic acids is 7. The van der Waals surface area contributed by atoms with Gasteiger partial charge in [-0.05, 0) is 83.5 Å². The molecule has 0 bridgehead atoms. The van der Waals surface area contributed by atoms with Crippen LogP contribution in [-0.4, -0.2) is 330 Å². The molecule has 3 unspecified atom stereocenters. The number of nitrogens with two attached hydrogens (primary N) is 16. The summed E-state index contributed by atoms with van der Waals surface area (Å²) in [7, 11) is 0. The largest absolute Gasteiger partial charge is 0.394 e. The molecule has 0 radical (unpaired) electrons. The van der Waals surface area contributed by atoms with Crippen LogP contribution in [0.5, 0.6) is 0 Å². The second-order valence-electron chi connectivity index (χ2n) is 27.0. The zero-order chi connectivity index (χ0) is 82.9. The van der Waals surface area contributed by atoms with Gasteiger partial charge in [-0.3, -0.25) is 68.8 Å². The number of ether oxygens (including phenoxy) is 6. The summed E-state index contributed by atoms with van der Waals surface area (Å²) in [6, 6.07) is -14.0. The van der Waals surface area contributed by atoms with E-state index in [1.165, 1.54) is 0 Å². The van der Waals surface area contributed by atoms with Crippen LogP contribution in [0.25, 0.3) is 0 Å². The van der Waals surface area contributed by atoms with Crippen molar-refractivity contribution in [1.29, 1.82) is 0 Å². The van der Waals surface area contributed by atoms with Gasteiger partial charge in [0.1, 0.15) is 97.4 Å². The number of hydrogen-bond donors (Lipinski definition) is 31. The van der Waals surface area contributed by atoms with Crippen LogP contribution in [0.2, 0.25) is 0 Å². The Labute approximate surface area is 638 Å². The lowest BCUT2D eigenvalue weighted by Crippen LogP contribution is -2.68. The second-order valence-corrected chi connectivity index (χ2v) is 27.0. The average molecular weight is 1590 g/mol. The number of aliphatic imine (C=N–C) groups is 6. The Morgan fingerprint density at radius 2 is 0.667 bits per heavy atom. The Morgan fingerprint density at radius 3 is 1.01 bits per heavy atom. The standard InChI is InChI=1S/C61H119N29O21/c1-24(93)85-48(101)28(9-3-15-79-57(68)69)87-50(103)30(11-5-17-81-59(72)73)89-52(105)32(13-7-19-83-61(76)77)90-51(104)31(12-6-18-82-60(74)75)88-49(102)29(10-4-16-80-58(70)71)86-47(100)27(8-2-14-78-56(66)67)84-21-33-39(95)41(97)36(64)53(106-33)110-45-35(23-92)108-55(43(45)99)111-46-38(94)25(62)20-26(63)44(46)109-54-37(65)42(98)40(96)34(22-91)107-54/h25-46,53-55,84,91-92,94-99H,2-23,62-65H2,1H3,(H,86,100)(H,87,103)(H,88,102)(H,89,105)(H,90,104)(H4,66,67,78)(H4,68,69,79)(H4,70,71,80)(H4,72,73,81)(H4,74,75,82)(H4,76,77,83)(H,85,93,101)/t25-,26+,27+,28+,29+,30+,31+,32+,33-,34-,35-,36-,37-,38+,39-,40-,41-,42-,43-,44?,45-,46-,53?,54-,55?/m1/s1. The van der Waals surface area contributed by atoms with Gasteiger partial charge in [0.2, 0.25) is 41.4 Å². The van der Waals surface area contributed by atoms with Crippen molar-refractivity contribution in [3.63, 3.8) is 0 Å². The molecular weight excluding hydrogens is 1470 g/mol. The van der Waals surface area contributed by atoms with E-state index in [4.69, 9.17) is 120 Å².